The molecule has 0 saturated carbocycles. The smallest absolute Gasteiger partial charge is 0.157 e. The van der Waals surface area contributed by atoms with Crippen molar-refractivity contribution in [3.63, 3.8) is 0 Å². The molecule has 4 heteroatoms. The summed E-state index contributed by atoms with van der Waals surface area (Å²) in [6, 6.07) is 2.11. The topological polar surface area (TPSA) is 54.0 Å². The monoisotopic (exact) mass is 172 g/mol. The van der Waals surface area contributed by atoms with Gasteiger partial charge in [0.15, 0.2) is 5.65 Å². The minimum Gasteiger partial charge on any atom is -0.287 e. The zero-order chi connectivity index (χ0) is 9.42. The highest BCUT2D eigenvalue weighted by Crippen LogP contribution is 2.12. The first-order chi connectivity index (χ1) is 6.24. The molecule has 0 amide bonds. The summed E-state index contributed by atoms with van der Waals surface area (Å²) in [5.41, 5.74) is 1.97. The van der Waals surface area contributed by atoms with Gasteiger partial charge in [0.05, 0.1) is 5.69 Å². The van der Waals surface area contributed by atoms with E-state index in [1.807, 2.05) is 18.2 Å². The van der Waals surface area contributed by atoms with Crippen LogP contribution in [0.5, 0.6) is 0 Å². The van der Waals surface area contributed by atoms with Crippen LogP contribution < -0.4 is 0 Å². The lowest BCUT2D eigenvalue weighted by atomic mass is 10.2. The molecule has 0 N–H and O–H groups in total. The van der Waals surface area contributed by atoms with Crippen molar-refractivity contribution < 1.29 is 0 Å². The molecule has 0 saturated heterocycles. The fourth-order valence-electron chi connectivity index (χ4n) is 1.39. The summed E-state index contributed by atoms with van der Waals surface area (Å²) < 4.78 is 1.81. The molecule has 13 heavy (non-hydrogen) atoms. The largest absolute Gasteiger partial charge is 0.287 e. The minimum absolute atomic E-state index is 0.551. The molecular formula is C9H8N4. The molecule has 2 heterocycles. The van der Waals surface area contributed by atoms with Gasteiger partial charge >= 0.3 is 0 Å². The second kappa shape index (κ2) is 2.56. The van der Waals surface area contributed by atoms with Crippen molar-refractivity contribution in [1.29, 1.82) is 5.26 Å². The summed E-state index contributed by atoms with van der Waals surface area (Å²) in [5, 5.41) is 8.88. The number of nitrogens with zero attached hydrogens (tertiary/aromatic N) is 4. The Bertz CT molecular complexity index is 504. The Morgan fingerprint density at radius 2 is 2.23 bits per heavy atom. The van der Waals surface area contributed by atoms with E-state index in [0.717, 1.165) is 11.5 Å². The molecule has 0 aliphatic carbocycles. The minimum atomic E-state index is 0.551. The van der Waals surface area contributed by atoms with Crippen LogP contribution in [0.1, 0.15) is 17.1 Å². The van der Waals surface area contributed by atoms with Crippen LogP contribution in [0.15, 0.2) is 12.4 Å². The van der Waals surface area contributed by atoms with Crippen molar-refractivity contribution in [3.05, 3.63) is 29.5 Å². The fourth-order valence-corrected chi connectivity index (χ4v) is 1.39. The van der Waals surface area contributed by atoms with Gasteiger partial charge in [-0.1, -0.05) is 0 Å². The standard InChI is InChI=1S/C9H8N4/c1-6-8(5-10)9-11-3-4-13(9)7(2)12-6/h3-4H,1-2H3. The third-order valence-electron chi connectivity index (χ3n) is 2.02. The first kappa shape index (κ1) is 7.74. The molecule has 0 fully saturated rings. The highest BCUT2D eigenvalue weighted by atomic mass is 15.1. The molecule has 0 aliphatic heterocycles. The Kier molecular flexibility index (Phi) is 1.52. The molecule has 0 atom stereocenters. The fraction of sp³-hybridized carbons (Fsp3) is 0.222. The highest BCUT2D eigenvalue weighted by Gasteiger charge is 2.08. The van der Waals surface area contributed by atoms with Crippen LogP contribution in [0.25, 0.3) is 5.65 Å². The van der Waals surface area contributed by atoms with Crippen molar-refractivity contribution in [1.82, 2.24) is 14.4 Å². The molecule has 2 aromatic heterocycles. The molecule has 2 rings (SSSR count). The number of nitriles is 1. The maximum Gasteiger partial charge on any atom is 0.157 e. The maximum absolute atomic E-state index is 8.88. The van der Waals surface area contributed by atoms with Gasteiger partial charge in [0, 0.05) is 12.4 Å². The third-order valence-corrected chi connectivity index (χ3v) is 2.02. The van der Waals surface area contributed by atoms with Crippen LogP contribution in [0, 0.1) is 25.2 Å². The van der Waals surface area contributed by atoms with Crippen LogP contribution >= 0.6 is 0 Å². The Hall–Kier alpha value is -1.89. The maximum atomic E-state index is 8.88. The van der Waals surface area contributed by atoms with Crippen molar-refractivity contribution >= 4 is 5.65 Å². The summed E-state index contributed by atoms with van der Waals surface area (Å²) in [7, 11) is 0. The predicted molar refractivity (Wildman–Crippen MR) is 47.2 cm³/mol. The van der Waals surface area contributed by atoms with Crippen LogP contribution in [0.4, 0.5) is 0 Å². The van der Waals surface area contributed by atoms with Gasteiger partial charge in [-0.3, -0.25) is 4.40 Å². The molecule has 0 spiro atoms. The lowest BCUT2D eigenvalue weighted by molar-refractivity contribution is 0.954. The Labute approximate surface area is 75.5 Å². The van der Waals surface area contributed by atoms with Crippen LogP contribution in [0.2, 0.25) is 0 Å². The van der Waals surface area contributed by atoms with E-state index in [-0.39, 0.29) is 0 Å². The highest BCUT2D eigenvalue weighted by molar-refractivity contribution is 5.57. The first-order valence-electron chi connectivity index (χ1n) is 3.94. The van der Waals surface area contributed by atoms with Gasteiger partial charge in [0.25, 0.3) is 0 Å². The number of hydrogen-bond donors (Lipinski definition) is 0. The summed E-state index contributed by atoms with van der Waals surface area (Å²) in [6.45, 7) is 3.71. The van der Waals surface area contributed by atoms with E-state index in [9.17, 15) is 0 Å². The average Bonchev–Trinajstić information content (AvgIpc) is 2.53. The molecule has 0 aromatic carbocycles. The van der Waals surface area contributed by atoms with Gasteiger partial charge in [-0.2, -0.15) is 5.26 Å². The third kappa shape index (κ3) is 0.975. The number of imidazole rings is 1. The van der Waals surface area contributed by atoms with E-state index in [1.54, 1.807) is 12.4 Å². The van der Waals surface area contributed by atoms with Crippen molar-refractivity contribution in [3.8, 4) is 6.07 Å². The number of aromatic nitrogens is 3. The van der Waals surface area contributed by atoms with Gasteiger partial charge < -0.3 is 0 Å². The molecule has 64 valence electrons. The lowest BCUT2D eigenvalue weighted by Gasteiger charge is -2.02. The molecule has 0 radical (unpaired) electrons. The van der Waals surface area contributed by atoms with Gasteiger partial charge in [-0.25, -0.2) is 9.97 Å². The number of fused-ring (bicyclic) bond motifs is 1. The quantitative estimate of drug-likeness (QED) is 0.600. The first-order valence-corrected chi connectivity index (χ1v) is 3.94. The normalized spacial score (nSPS) is 10.2. The Morgan fingerprint density at radius 1 is 1.46 bits per heavy atom. The zero-order valence-corrected chi connectivity index (χ0v) is 7.44. The van der Waals surface area contributed by atoms with E-state index in [2.05, 4.69) is 16.0 Å². The van der Waals surface area contributed by atoms with Gasteiger partial charge in [-0.05, 0) is 13.8 Å². The second-order valence-corrected chi connectivity index (χ2v) is 2.85. The summed E-state index contributed by atoms with van der Waals surface area (Å²) in [6.07, 6.45) is 3.47. The summed E-state index contributed by atoms with van der Waals surface area (Å²) in [5.74, 6) is 0.851. The van der Waals surface area contributed by atoms with Crippen LogP contribution in [-0.4, -0.2) is 14.4 Å². The van der Waals surface area contributed by atoms with Gasteiger partial charge in [-0.15, -0.1) is 0 Å². The Balaban J connectivity index is 2.99. The zero-order valence-electron chi connectivity index (χ0n) is 7.44. The average molecular weight is 172 g/mol. The molecule has 0 aliphatic rings. The van der Waals surface area contributed by atoms with E-state index in [0.29, 0.717) is 11.2 Å². The SMILES string of the molecule is Cc1nc(C)n2ccnc2c1C#N. The number of hydrogen-bond acceptors (Lipinski definition) is 3. The Morgan fingerprint density at radius 3 is 2.92 bits per heavy atom. The van der Waals surface area contributed by atoms with E-state index < -0.39 is 0 Å². The van der Waals surface area contributed by atoms with Crippen LogP contribution in [-0.2, 0) is 0 Å². The van der Waals surface area contributed by atoms with Crippen molar-refractivity contribution in [2.75, 3.05) is 0 Å². The van der Waals surface area contributed by atoms with Crippen LogP contribution in [0.3, 0.4) is 0 Å². The number of aryl methyl sites for hydroxylation is 2. The number of rotatable bonds is 0. The second-order valence-electron chi connectivity index (χ2n) is 2.85. The predicted octanol–water partition coefficient (Wildman–Crippen LogP) is 1.22. The molecular weight excluding hydrogens is 164 g/mol. The van der Waals surface area contributed by atoms with Crippen molar-refractivity contribution in [2.45, 2.75) is 13.8 Å². The molecule has 0 unspecified atom stereocenters. The van der Waals surface area contributed by atoms with Crippen molar-refractivity contribution in [2.24, 2.45) is 0 Å². The van der Waals surface area contributed by atoms with Gasteiger partial charge in [0.1, 0.15) is 17.5 Å². The van der Waals surface area contributed by atoms with E-state index in [4.69, 9.17) is 5.26 Å². The molecule has 4 nitrogen and oxygen atoms in total. The van der Waals surface area contributed by atoms with E-state index in [1.165, 1.54) is 0 Å². The van der Waals surface area contributed by atoms with Gasteiger partial charge in [0.2, 0.25) is 0 Å². The molecule has 0 bridgehead atoms. The van der Waals surface area contributed by atoms with E-state index >= 15 is 0 Å². The molecule has 2 aromatic rings. The summed E-state index contributed by atoms with van der Waals surface area (Å²) in [4.78, 5) is 8.36. The summed E-state index contributed by atoms with van der Waals surface area (Å²) >= 11 is 0. The lowest BCUT2D eigenvalue weighted by Crippen LogP contribution is -2.00.